The molecule has 0 aliphatic carbocycles. The van der Waals surface area contributed by atoms with Gasteiger partial charge in [0.2, 0.25) is 0 Å². The van der Waals surface area contributed by atoms with E-state index in [1.54, 1.807) is 0 Å². The standard InChI is InChI=1S/C16H23NO3/c1-13-12-20-15(14-7-4-3-5-8-14)11-17(13)10-6-9-16(18)19-2/h3-5,7-8,13,15H,6,9-12H2,1-2H3/t13-,15-/m1/s1. The maximum absolute atomic E-state index is 11.2. The van der Waals surface area contributed by atoms with Crippen molar-refractivity contribution in [2.45, 2.75) is 31.9 Å². The third-order valence-corrected chi connectivity index (χ3v) is 3.79. The molecule has 110 valence electrons. The molecule has 2 atom stereocenters. The third-order valence-electron chi connectivity index (χ3n) is 3.79. The maximum atomic E-state index is 11.2. The summed E-state index contributed by atoms with van der Waals surface area (Å²) in [5.41, 5.74) is 1.22. The molecule has 1 aromatic carbocycles. The van der Waals surface area contributed by atoms with Crippen molar-refractivity contribution in [2.24, 2.45) is 0 Å². The van der Waals surface area contributed by atoms with Crippen molar-refractivity contribution in [3.63, 3.8) is 0 Å². The van der Waals surface area contributed by atoms with Gasteiger partial charge in [-0.05, 0) is 25.5 Å². The summed E-state index contributed by atoms with van der Waals surface area (Å²) < 4.78 is 10.6. The maximum Gasteiger partial charge on any atom is 0.305 e. The molecule has 1 aliphatic heterocycles. The fraction of sp³-hybridized carbons (Fsp3) is 0.562. The number of methoxy groups -OCH3 is 1. The van der Waals surface area contributed by atoms with Gasteiger partial charge >= 0.3 is 5.97 Å². The highest BCUT2D eigenvalue weighted by Gasteiger charge is 2.26. The lowest BCUT2D eigenvalue weighted by molar-refractivity contribution is -0.140. The number of esters is 1. The van der Waals surface area contributed by atoms with Gasteiger partial charge in [0.05, 0.1) is 19.8 Å². The zero-order chi connectivity index (χ0) is 14.4. The van der Waals surface area contributed by atoms with Crippen molar-refractivity contribution in [2.75, 3.05) is 26.8 Å². The Balaban J connectivity index is 1.87. The van der Waals surface area contributed by atoms with Crippen LogP contribution in [-0.4, -0.2) is 43.7 Å². The van der Waals surface area contributed by atoms with Crippen LogP contribution in [0.3, 0.4) is 0 Å². The molecule has 1 saturated heterocycles. The van der Waals surface area contributed by atoms with Gasteiger partial charge in [-0.2, -0.15) is 0 Å². The summed E-state index contributed by atoms with van der Waals surface area (Å²) in [7, 11) is 1.44. The number of morpholine rings is 1. The van der Waals surface area contributed by atoms with Crippen molar-refractivity contribution in [1.82, 2.24) is 4.90 Å². The first-order chi connectivity index (χ1) is 9.70. The number of nitrogens with zero attached hydrogens (tertiary/aromatic N) is 1. The molecular formula is C16H23NO3. The Kier molecular flexibility index (Phi) is 5.56. The fourth-order valence-electron chi connectivity index (χ4n) is 2.52. The Labute approximate surface area is 120 Å². The van der Waals surface area contributed by atoms with Gasteiger partial charge in [-0.1, -0.05) is 30.3 Å². The first kappa shape index (κ1) is 15.0. The lowest BCUT2D eigenvalue weighted by Crippen LogP contribution is -2.45. The second-order valence-corrected chi connectivity index (χ2v) is 5.26. The molecule has 0 spiro atoms. The Hall–Kier alpha value is -1.39. The number of rotatable bonds is 5. The summed E-state index contributed by atoms with van der Waals surface area (Å²) in [6, 6.07) is 10.7. The van der Waals surface area contributed by atoms with Gasteiger partial charge in [-0.15, -0.1) is 0 Å². The molecule has 4 heteroatoms. The van der Waals surface area contributed by atoms with E-state index in [9.17, 15) is 4.79 Å². The fourth-order valence-corrected chi connectivity index (χ4v) is 2.52. The van der Waals surface area contributed by atoms with E-state index in [0.717, 1.165) is 26.1 Å². The Morgan fingerprint density at radius 3 is 2.85 bits per heavy atom. The second kappa shape index (κ2) is 7.41. The van der Waals surface area contributed by atoms with Crippen molar-refractivity contribution < 1.29 is 14.3 Å². The average molecular weight is 277 g/mol. The number of carbonyl (C=O) groups excluding carboxylic acids is 1. The second-order valence-electron chi connectivity index (χ2n) is 5.26. The van der Waals surface area contributed by atoms with E-state index in [1.807, 2.05) is 18.2 Å². The van der Waals surface area contributed by atoms with Gasteiger partial charge in [-0.25, -0.2) is 0 Å². The van der Waals surface area contributed by atoms with E-state index in [1.165, 1.54) is 12.7 Å². The van der Waals surface area contributed by atoms with E-state index in [2.05, 4.69) is 28.7 Å². The molecule has 0 unspecified atom stereocenters. The minimum Gasteiger partial charge on any atom is -0.469 e. The van der Waals surface area contributed by atoms with E-state index in [-0.39, 0.29) is 12.1 Å². The zero-order valence-electron chi connectivity index (χ0n) is 12.2. The van der Waals surface area contributed by atoms with Gasteiger partial charge < -0.3 is 9.47 Å². The van der Waals surface area contributed by atoms with Gasteiger partial charge in [-0.3, -0.25) is 9.69 Å². The van der Waals surface area contributed by atoms with Crippen molar-refractivity contribution >= 4 is 5.97 Å². The molecule has 1 aromatic rings. The molecule has 4 nitrogen and oxygen atoms in total. The first-order valence-corrected chi connectivity index (χ1v) is 7.18. The number of benzene rings is 1. The highest BCUT2D eigenvalue weighted by Crippen LogP contribution is 2.24. The summed E-state index contributed by atoms with van der Waals surface area (Å²) in [5, 5.41) is 0. The first-order valence-electron chi connectivity index (χ1n) is 7.18. The summed E-state index contributed by atoms with van der Waals surface area (Å²) in [5.74, 6) is -0.134. The quantitative estimate of drug-likeness (QED) is 0.775. The number of hydrogen-bond acceptors (Lipinski definition) is 4. The summed E-state index contributed by atoms with van der Waals surface area (Å²) >= 11 is 0. The predicted octanol–water partition coefficient (Wildman–Crippen LogP) is 2.40. The molecule has 1 heterocycles. The van der Waals surface area contributed by atoms with E-state index < -0.39 is 0 Å². The molecule has 20 heavy (non-hydrogen) atoms. The Morgan fingerprint density at radius 1 is 1.40 bits per heavy atom. The summed E-state index contributed by atoms with van der Waals surface area (Å²) in [6.45, 7) is 4.69. The molecule has 0 radical (unpaired) electrons. The van der Waals surface area contributed by atoms with Crippen molar-refractivity contribution in [3.8, 4) is 0 Å². The molecule has 0 bridgehead atoms. The lowest BCUT2D eigenvalue weighted by Gasteiger charge is -2.38. The molecule has 0 saturated carbocycles. The largest absolute Gasteiger partial charge is 0.469 e. The summed E-state index contributed by atoms with van der Waals surface area (Å²) in [6.07, 6.45) is 1.44. The van der Waals surface area contributed by atoms with Crippen LogP contribution >= 0.6 is 0 Å². The highest BCUT2D eigenvalue weighted by molar-refractivity contribution is 5.69. The normalized spacial score (nSPS) is 23.5. The lowest BCUT2D eigenvalue weighted by atomic mass is 10.1. The number of hydrogen-bond donors (Lipinski definition) is 0. The van der Waals surface area contributed by atoms with Crippen LogP contribution in [0, 0.1) is 0 Å². The third kappa shape index (κ3) is 4.05. The molecule has 0 aromatic heterocycles. The van der Waals surface area contributed by atoms with Crippen LogP contribution in [0.5, 0.6) is 0 Å². The van der Waals surface area contributed by atoms with Gasteiger partial charge in [0.15, 0.2) is 0 Å². The van der Waals surface area contributed by atoms with E-state index in [4.69, 9.17) is 4.74 Å². The van der Waals surface area contributed by atoms with Crippen LogP contribution in [0.25, 0.3) is 0 Å². The SMILES string of the molecule is COC(=O)CCCN1C[C@H](c2ccccc2)OC[C@H]1C. The van der Waals surface area contributed by atoms with Crippen LogP contribution in [0.4, 0.5) is 0 Å². The van der Waals surface area contributed by atoms with Gasteiger partial charge in [0, 0.05) is 19.0 Å². The van der Waals surface area contributed by atoms with Crippen molar-refractivity contribution in [1.29, 1.82) is 0 Å². The molecule has 1 aliphatic rings. The summed E-state index contributed by atoms with van der Waals surface area (Å²) in [4.78, 5) is 13.5. The smallest absolute Gasteiger partial charge is 0.305 e. The Bertz CT molecular complexity index is 421. The number of ether oxygens (including phenoxy) is 2. The molecule has 0 N–H and O–H groups in total. The predicted molar refractivity (Wildman–Crippen MR) is 77.4 cm³/mol. The molecule has 2 rings (SSSR count). The molecular weight excluding hydrogens is 254 g/mol. The average Bonchev–Trinajstić information content (AvgIpc) is 2.49. The topological polar surface area (TPSA) is 38.8 Å². The van der Waals surface area contributed by atoms with Gasteiger partial charge in [0.1, 0.15) is 0 Å². The monoisotopic (exact) mass is 277 g/mol. The minimum atomic E-state index is -0.134. The zero-order valence-corrected chi connectivity index (χ0v) is 12.2. The van der Waals surface area contributed by atoms with Crippen LogP contribution in [-0.2, 0) is 14.3 Å². The minimum absolute atomic E-state index is 0.130. The van der Waals surface area contributed by atoms with Gasteiger partial charge in [0.25, 0.3) is 0 Å². The van der Waals surface area contributed by atoms with Crippen LogP contribution in [0.15, 0.2) is 30.3 Å². The van der Waals surface area contributed by atoms with E-state index in [0.29, 0.717) is 12.5 Å². The Morgan fingerprint density at radius 2 is 2.15 bits per heavy atom. The highest BCUT2D eigenvalue weighted by atomic mass is 16.5. The van der Waals surface area contributed by atoms with Crippen LogP contribution in [0.1, 0.15) is 31.4 Å². The van der Waals surface area contributed by atoms with Crippen LogP contribution < -0.4 is 0 Å². The molecule has 1 fully saturated rings. The van der Waals surface area contributed by atoms with Crippen LogP contribution in [0.2, 0.25) is 0 Å². The number of carbonyl (C=O) groups is 1. The van der Waals surface area contributed by atoms with Crippen molar-refractivity contribution in [3.05, 3.63) is 35.9 Å². The molecule has 0 amide bonds. The van der Waals surface area contributed by atoms with E-state index >= 15 is 0 Å².